The van der Waals surface area contributed by atoms with Crippen LogP contribution in [-0.4, -0.2) is 11.1 Å². The van der Waals surface area contributed by atoms with Gasteiger partial charge in [-0.1, -0.05) is 11.6 Å². The highest BCUT2D eigenvalue weighted by Crippen LogP contribution is 2.37. The molecule has 5 heteroatoms. The van der Waals surface area contributed by atoms with Gasteiger partial charge in [0.25, 0.3) is 0 Å². The SMILES string of the molecule is Cc1cc(N)c2sc(C(=O)O)cc2c1Cl. The number of carboxylic acid groups (broad SMARTS) is 1. The van der Waals surface area contributed by atoms with E-state index < -0.39 is 5.97 Å². The second-order valence-corrected chi connectivity index (χ2v) is 4.69. The van der Waals surface area contributed by atoms with Crippen molar-refractivity contribution >= 4 is 44.7 Å². The molecule has 1 heterocycles. The third kappa shape index (κ3) is 1.56. The maximum absolute atomic E-state index is 10.8. The van der Waals surface area contributed by atoms with E-state index >= 15 is 0 Å². The molecule has 3 N–H and O–H groups in total. The number of halogens is 1. The topological polar surface area (TPSA) is 63.3 Å². The maximum atomic E-state index is 10.8. The van der Waals surface area contributed by atoms with Gasteiger partial charge in [-0.15, -0.1) is 11.3 Å². The van der Waals surface area contributed by atoms with Gasteiger partial charge in [-0.2, -0.15) is 0 Å². The minimum Gasteiger partial charge on any atom is -0.477 e. The van der Waals surface area contributed by atoms with Gasteiger partial charge in [0.2, 0.25) is 0 Å². The molecule has 0 aliphatic carbocycles. The van der Waals surface area contributed by atoms with E-state index in [1.165, 1.54) is 0 Å². The molecule has 0 saturated heterocycles. The molecule has 2 aromatic rings. The average molecular weight is 242 g/mol. The molecular formula is C10H8ClNO2S. The molecule has 0 fully saturated rings. The van der Waals surface area contributed by atoms with Gasteiger partial charge in [0, 0.05) is 11.1 Å². The Balaban J connectivity index is 2.85. The van der Waals surface area contributed by atoms with Crippen molar-refractivity contribution in [2.75, 3.05) is 5.73 Å². The number of carboxylic acids is 1. The fraction of sp³-hybridized carbons (Fsp3) is 0.100. The van der Waals surface area contributed by atoms with E-state index in [1.807, 2.05) is 6.92 Å². The second kappa shape index (κ2) is 3.40. The first-order chi connectivity index (χ1) is 7.00. The van der Waals surface area contributed by atoms with Crippen molar-refractivity contribution in [2.45, 2.75) is 6.92 Å². The van der Waals surface area contributed by atoms with Crippen molar-refractivity contribution in [3.05, 3.63) is 27.6 Å². The summed E-state index contributed by atoms with van der Waals surface area (Å²) in [5.41, 5.74) is 7.23. The van der Waals surface area contributed by atoms with Crippen LogP contribution in [0.2, 0.25) is 5.02 Å². The Kier molecular flexibility index (Phi) is 2.32. The van der Waals surface area contributed by atoms with Crippen molar-refractivity contribution in [1.29, 1.82) is 0 Å². The summed E-state index contributed by atoms with van der Waals surface area (Å²) in [5, 5.41) is 10.2. The molecule has 0 aliphatic rings. The first-order valence-electron chi connectivity index (χ1n) is 4.22. The number of fused-ring (bicyclic) bond motifs is 1. The van der Waals surface area contributed by atoms with Crippen molar-refractivity contribution in [1.82, 2.24) is 0 Å². The summed E-state index contributed by atoms with van der Waals surface area (Å²) >= 11 is 7.22. The zero-order valence-corrected chi connectivity index (χ0v) is 9.45. The van der Waals surface area contributed by atoms with Crippen LogP contribution in [0.5, 0.6) is 0 Å². The van der Waals surface area contributed by atoms with Crippen LogP contribution < -0.4 is 5.73 Å². The van der Waals surface area contributed by atoms with E-state index in [9.17, 15) is 4.79 Å². The number of anilines is 1. The van der Waals surface area contributed by atoms with E-state index in [0.717, 1.165) is 27.0 Å². The van der Waals surface area contributed by atoms with Crippen LogP contribution in [0.4, 0.5) is 5.69 Å². The number of aryl methyl sites for hydroxylation is 1. The van der Waals surface area contributed by atoms with Gasteiger partial charge in [0.15, 0.2) is 0 Å². The molecule has 0 amide bonds. The van der Waals surface area contributed by atoms with Crippen LogP contribution in [0.3, 0.4) is 0 Å². The molecule has 78 valence electrons. The fourth-order valence-corrected chi connectivity index (χ4v) is 2.64. The van der Waals surface area contributed by atoms with E-state index in [1.54, 1.807) is 12.1 Å². The molecule has 1 aromatic heterocycles. The Morgan fingerprint density at radius 3 is 2.80 bits per heavy atom. The molecule has 0 atom stereocenters. The molecule has 1 aromatic carbocycles. The quantitative estimate of drug-likeness (QED) is 0.754. The average Bonchev–Trinajstić information content (AvgIpc) is 2.59. The first kappa shape index (κ1) is 10.3. The molecule has 0 spiro atoms. The highest BCUT2D eigenvalue weighted by atomic mass is 35.5. The van der Waals surface area contributed by atoms with Crippen molar-refractivity contribution in [3.63, 3.8) is 0 Å². The van der Waals surface area contributed by atoms with E-state index in [0.29, 0.717) is 10.7 Å². The number of benzene rings is 1. The third-order valence-corrected chi connectivity index (χ3v) is 3.83. The predicted molar refractivity (Wildman–Crippen MR) is 62.9 cm³/mol. The Hall–Kier alpha value is -1.26. The number of aromatic carboxylic acids is 1. The van der Waals surface area contributed by atoms with Gasteiger partial charge in [-0.3, -0.25) is 0 Å². The largest absolute Gasteiger partial charge is 0.477 e. The van der Waals surface area contributed by atoms with Gasteiger partial charge in [0.05, 0.1) is 9.72 Å². The minimum atomic E-state index is -0.954. The number of thiophene rings is 1. The number of rotatable bonds is 1. The molecule has 0 saturated carbocycles. The monoisotopic (exact) mass is 241 g/mol. The number of nitrogen functional groups attached to an aromatic ring is 1. The van der Waals surface area contributed by atoms with E-state index in [2.05, 4.69) is 0 Å². The molecule has 3 nitrogen and oxygen atoms in total. The van der Waals surface area contributed by atoms with Gasteiger partial charge in [-0.05, 0) is 24.6 Å². The lowest BCUT2D eigenvalue weighted by molar-refractivity contribution is 0.0702. The smallest absolute Gasteiger partial charge is 0.345 e. The van der Waals surface area contributed by atoms with Gasteiger partial charge in [-0.25, -0.2) is 4.79 Å². The predicted octanol–water partition coefficient (Wildman–Crippen LogP) is 3.14. The molecule has 0 unspecified atom stereocenters. The normalized spacial score (nSPS) is 10.8. The molecule has 0 radical (unpaired) electrons. The summed E-state index contributed by atoms with van der Waals surface area (Å²) < 4.78 is 0.739. The lowest BCUT2D eigenvalue weighted by Gasteiger charge is -2.01. The van der Waals surface area contributed by atoms with Crippen LogP contribution in [-0.2, 0) is 0 Å². The van der Waals surface area contributed by atoms with Gasteiger partial charge < -0.3 is 10.8 Å². The second-order valence-electron chi connectivity index (χ2n) is 3.26. The lowest BCUT2D eigenvalue weighted by Crippen LogP contribution is -1.89. The zero-order chi connectivity index (χ0) is 11.2. The highest BCUT2D eigenvalue weighted by molar-refractivity contribution is 7.21. The fourth-order valence-electron chi connectivity index (χ4n) is 1.45. The summed E-state index contributed by atoms with van der Waals surface area (Å²) in [6, 6.07) is 3.32. The standard InChI is InChI=1S/C10H8ClNO2S/c1-4-2-6(12)9-5(8(4)11)3-7(15-9)10(13)14/h2-3H,12H2,1H3,(H,13,14). The van der Waals surface area contributed by atoms with Crippen LogP contribution in [0.15, 0.2) is 12.1 Å². The van der Waals surface area contributed by atoms with E-state index in [-0.39, 0.29) is 4.88 Å². The van der Waals surface area contributed by atoms with Crippen LogP contribution >= 0.6 is 22.9 Å². The Bertz CT molecular complexity index is 562. The summed E-state index contributed by atoms with van der Waals surface area (Å²) in [7, 11) is 0. The Labute approximate surface area is 95.1 Å². The van der Waals surface area contributed by atoms with Crippen molar-refractivity contribution < 1.29 is 9.90 Å². The number of nitrogens with two attached hydrogens (primary N) is 1. The molecule has 2 rings (SSSR count). The lowest BCUT2D eigenvalue weighted by atomic mass is 10.1. The van der Waals surface area contributed by atoms with Crippen LogP contribution in [0, 0.1) is 6.92 Å². The van der Waals surface area contributed by atoms with Crippen LogP contribution in [0.25, 0.3) is 10.1 Å². The molecule has 15 heavy (non-hydrogen) atoms. The first-order valence-corrected chi connectivity index (χ1v) is 5.41. The van der Waals surface area contributed by atoms with Gasteiger partial charge in [0.1, 0.15) is 4.88 Å². The summed E-state index contributed by atoms with van der Waals surface area (Å²) in [6.45, 7) is 1.84. The number of carbonyl (C=O) groups is 1. The Morgan fingerprint density at radius 1 is 1.53 bits per heavy atom. The number of hydrogen-bond donors (Lipinski definition) is 2. The zero-order valence-electron chi connectivity index (χ0n) is 7.87. The molecule has 0 aliphatic heterocycles. The number of hydrogen-bond acceptors (Lipinski definition) is 3. The molecule has 0 bridgehead atoms. The summed E-state index contributed by atoms with van der Waals surface area (Å²) in [5.74, 6) is -0.954. The highest BCUT2D eigenvalue weighted by Gasteiger charge is 2.14. The third-order valence-electron chi connectivity index (χ3n) is 2.16. The van der Waals surface area contributed by atoms with Crippen LogP contribution in [0.1, 0.15) is 15.2 Å². The van der Waals surface area contributed by atoms with E-state index in [4.69, 9.17) is 22.4 Å². The summed E-state index contributed by atoms with van der Waals surface area (Å²) in [6.07, 6.45) is 0. The Morgan fingerprint density at radius 2 is 2.20 bits per heavy atom. The summed E-state index contributed by atoms with van der Waals surface area (Å²) in [4.78, 5) is 11.1. The van der Waals surface area contributed by atoms with Crippen molar-refractivity contribution in [3.8, 4) is 0 Å². The van der Waals surface area contributed by atoms with Crippen molar-refractivity contribution in [2.24, 2.45) is 0 Å². The molecular weight excluding hydrogens is 234 g/mol. The maximum Gasteiger partial charge on any atom is 0.345 e. The minimum absolute atomic E-state index is 0.254. The van der Waals surface area contributed by atoms with Gasteiger partial charge >= 0.3 is 5.97 Å².